The second-order valence-corrected chi connectivity index (χ2v) is 8.99. The third kappa shape index (κ3) is 5.66. The zero-order valence-corrected chi connectivity index (χ0v) is 18.6. The van der Waals surface area contributed by atoms with Gasteiger partial charge in [-0.2, -0.15) is 0 Å². The number of para-hydroxylation sites is 1. The highest BCUT2D eigenvalue weighted by molar-refractivity contribution is 5.84. The summed E-state index contributed by atoms with van der Waals surface area (Å²) >= 11 is 0. The Morgan fingerprint density at radius 2 is 1.81 bits per heavy atom. The Kier molecular flexibility index (Phi) is 6.12. The summed E-state index contributed by atoms with van der Waals surface area (Å²) in [5.74, 6) is 2.07. The number of aromatic amines is 1. The van der Waals surface area contributed by atoms with Crippen LogP contribution in [0.5, 0.6) is 11.5 Å². The third-order valence-corrected chi connectivity index (χ3v) is 4.90. The van der Waals surface area contributed by atoms with E-state index in [2.05, 4.69) is 47.4 Å². The second-order valence-electron chi connectivity index (χ2n) is 8.99. The van der Waals surface area contributed by atoms with Gasteiger partial charge in [0.05, 0.1) is 5.52 Å². The summed E-state index contributed by atoms with van der Waals surface area (Å²) in [6.07, 6.45) is 1.88. The molecule has 4 rings (SSSR count). The predicted molar refractivity (Wildman–Crippen MR) is 131 cm³/mol. The van der Waals surface area contributed by atoms with Gasteiger partial charge in [-0.25, -0.2) is 4.98 Å². The standard InChI is InChI=1S/C26H28N4O2/c1-26(2,3)17-29-24-12-11-18(16-28-24)15-27-19-7-6-8-20(13-19)32-23-14-25(31)30-22-10-5-4-9-21(22)23/h4-14,16,27H,15,17H2,1-3H3,(H,28,29)(H,30,31). The molecule has 2 aromatic carbocycles. The van der Waals surface area contributed by atoms with Crippen molar-refractivity contribution in [2.45, 2.75) is 27.3 Å². The van der Waals surface area contributed by atoms with Gasteiger partial charge in [0, 0.05) is 42.5 Å². The molecule has 0 spiro atoms. The molecule has 0 saturated carbocycles. The Labute approximate surface area is 187 Å². The van der Waals surface area contributed by atoms with E-state index >= 15 is 0 Å². The first-order chi connectivity index (χ1) is 15.4. The third-order valence-electron chi connectivity index (χ3n) is 4.90. The van der Waals surface area contributed by atoms with E-state index in [4.69, 9.17) is 4.74 Å². The lowest BCUT2D eigenvalue weighted by Crippen LogP contribution is -2.19. The highest BCUT2D eigenvalue weighted by Crippen LogP contribution is 2.29. The smallest absolute Gasteiger partial charge is 0.252 e. The molecule has 0 aliphatic rings. The molecule has 6 nitrogen and oxygen atoms in total. The van der Waals surface area contributed by atoms with Crippen LogP contribution >= 0.6 is 0 Å². The molecule has 0 radical (unpaired) electrons. The van der Waals surface area contributed by atoms with Gasteiger partial charge >= 0.3 is 0 Å². The minimum Gasteiger partial charge on any atom is -0.456 e. The first kappa shape index (κ1) is 21.4. The van der Waals surface area contributed by atoms with Gasteiger partial charge in [-0.1, -0.05) is 45.0 Å². The van der Waals surface area contributed by atoms with Crippen LogP contribution in [0.15, 0.2) is 77.7 Å². The molecule has 0 amide bonds. The van der Waals surface area contributed by atoms with Crippen LogP contribution in [-0.4, -0.2) is 16.5 Å². The van der Waals surface area contributed by atoms with E-state index in [0.717, 1.165) is 34.5 Å². The lowest BCUT2D eigenvalue weighted by Gasteiger charge is -2.19. The van der Waals surface area contributed by atoms with Crippen LogP contribution in [0, 0.1) is 5.41 Å². The number of ether oxygens (including phenoxy) is 1. The number of pyridine rings is 2. The van der Waals surface area contributed by atoms with Crippen LogP contribution in [0.1, 0.15) is 26.3 Å². The molecule has 2 aromatic heterocycles. The number of rotatable bonds is 7. The van der Waals surface area contributed by atoms with Crippen molar-refractivity contribution in [1.82, 2.24) is 9.97 Å². The first-order valence-corrected chi connectivity index (χ1v) is 10.7. The van der Waals surface area contributed by atoms with Crippen molar-refractivity contribution in [2.75, 3.05) is 17.2 Å². The van der Waals surface area contributed by atoms with Crippen LogP contribution < -0.4 is 20.9 Å². The summed E-state index contributed by atoms with van der Waals surface area (Å²) in [6.45, 7) is 8.08. The number of nitrogens with zero attached hydrogens (tertiary/aromatic N) is 1. The molecule has 0 aliphatic heterocycles. The lowest BCUT2D eigenvalue weighted by atomic mass is 9.97. The van der Waals surface area contributed by atoms with E-state index in [1.807, 2.05) is 60.8 Å². The van der Waals surface area contributed by atoms with E-state index in [-0.39, 0.29) is 11.0 Å². The normalized spacial score (nSPS) is 11.3. The van der Waals surface area contributed by atoms with Crippen LogP contribution in [0.3, 0.4) is 0 Å². The van der Waals surface area contributed by atoms with Gasteiger partial charge in [0.1, 0.15) is 17.3 Å². The average molecular weight is 429 g/mol. The fourth-order valence-electron chi connectivity index (χ4n) is 3.25. The molecular formula is C26H28N4O2. The Balaban J connectivity index is 1.41. The van der Waals surface area contributed by atoms with Crippen molar-refractivity contribution in [3.05, 3.63) is 88.8 Å². The van der Waals surface area contributed by atoms with E-state index in [0.29, 0.717) is 18.0 Å². The topological polar surface area (TPSA) is 79.0 Å². The average Bonchev–Trinajstić information content (AvgIpc) is 2.77. The summed E-state index contributed by atoms with van der Waals surface area (Å²) in [4.78, 5) is 19.3. The minimum absolute atomic E-state index is 0.194. The summed E-state index contributed by atoms with van der Waals surface area (Å²) in [5.41, 5.74) is 2.76. The molecule has 4 aromatic rings. The van der Waals surface area contributed by atoms with Crippen LogP contribution in [-0.2, 0) is 6.54 Å². The highest BCUT2D eigenvalue weighted by atomic mass is 16.5. The number of nitrogens with one attached hydrogen (secondary N) is 3. The van der Waals surface area contributed by atoms with Gasteiger partial charge < -0.3 is 20.4 Å². The molecular weight excluding hydrogens is 400 g/mol. The molecule has 164 valence electrons. The highest BCUT2D eigenvalue weighted by Gasteiger charge is 2.10. The van der Waals surface area contributed by atoms with Crippen molar-refractivity contribution in [3.63, 3.8) is 0 Å². The molecule has 0 saturated heterocycles. The van der Waals surface area contributed by atoms with E-state index in [9.17, 15) is 4.79 Å². The van der Waals surface area contributed by atoms with E-state index in [1.54, 1.807) is 0 Å². The molecule has 2 heterocycles. The number of H-pyrrole nitrogens is 1. The van der Waals surface area contributed by atoms with Crippen molar-refractivity contribution >= 4 is 22.4 Å². The van der Waals surface area contributed by atoms with Gasteiger partial charge in [-0.15, -0.1) is 0 Å². The number of fused-ring (bicyclic) bond motifs is 1. The fourth-order valence-corrected chi connectivity index (χ4v) is 3.25. The maximum Gasteiger partial charge on any atom is 0.252 e. The van der Waals surface area contributed by atoms with Crippen molar-refractivity contribution < 1.29 is 4.74 Å². The Bertz CT molecular complexity index is 1260. The van der Waals surface area contributed by atoms with Gasteiger partial charge in [-0.05, 0) is 41.3 Å². The Morgan fingerprint density at radius 3 is 2.59 bits per heavy atom. The van der Waals surface area contributed by atoms with E-state index < -0.39 is 0 Å². The molecule has 6 heteroatoms. The molecule has 0 unspecified atom stereocenters. The second kappa shape index (κ2) is 9.14. The van der Waals surface area contributed by atoms with Gasteiger partial charge in [-0.3, -0.25) is 4.79 Å². The molecule has 0 atom stereocenters. The lowest BCUT2D eigenvalue weighted by molar-refractivity contribution is 0.442. The van der Waals surface area contributed by atoms with E-state index in [1.165, 1.54) is 6.07 Å². The zero-order chi connectivity index (χ0) is 22.6. The maximum absolute atomic E-state index is 12.0. The Hall–Kier alpha value is -3.80. The SMILES string of the molecule is CC(C)(C)CNc1ccc(CNc2cccc(Oc3cc(=O)[nH]c4ccccc34)c2)cn1. The quantitative estimate of drug-likeness (QED) is 0.347. The monoisotopic (exact) mass is 428 g/mol. The predicted octanol–water partition coefficient (Wildman–Crippen LogP) is 5.79. The molecule has 0 fully saturated rings. The number of hydrogen-bond donors (Lipinski definition) is 3. The van der Waals surface area contributed by atoms with Gasteiger partial charge in [0.2, 0.25) is 0 Å². The summed E-state index contributed by atoms with van der Waals surface area (Å²) in [5, 5.41) is 7.62. The summed E-state index contributed by atoms with van der Waals surface area (Å²) in [7, 11) is 0. The molecule has 32 heavy (non-hydrogen) atoms. The zero-order valence-electron chi connectivity index (χ0n) is 18.6. The molecule has 3 N–H and O–H groups in total. The number of anilines is 2. The molecule has 0 bridgehead atoms. The van der Waals surface area contributed by atoms with Crippen LogP contribution in [0.4, 0.5) is 11.5 Å². The largest absolute Gasteiger partial charge is 0.456 e. The number of hydrogen-bond acceptors (Lipinski definition) is 5. The van der Waals surface area contributed by atoms with Gasteiger partial charge in [0.15, 0.2) is 0 Å². The summed E-state index contributed by atoms with van der Waals surface area (Å²) in [6, 6.07) is 20.8. The Morgan fingerprint density at radius 1 is 0.969 bits per heavy atom. The number of benzene rings is 2. The van der Waals surface area contributed by atoms with Crippen molar-refractivity contribution in [1.29, 1.82) is 0 Å². The van der Waals surface area contributed by atoms with Crippen molar-refractivity contribution in [2.24, 2.45) is 5.41 Å². The van der Waals surface area contributed by atoms with Crippen LogP contribution in [0.25, 0.3) is 10.9 Å². The fraction of sp³-hybridized carbons (Fsp3) is 0.231. The summed E-state index contributed by atoms with van der Waals surface area (Å²) < 4.78 is 6.05. The first-order valence-electron chi connectivity index (χ1n) is 10.7. The maximum atomic E-state index is 12.0. The minimum atomic E-state index is -0.194. The van der Waals surface area contributed by atoms with Gasteiger partial charge in [0.25, 0.3) is 5.56 Å². The molecule has 0 aliphatic carbocycles. The van der Waals surface area contributed by atoms with Crippen molar-refractivity contribution in [3.8, 4) is 11.5 Å². The number of aromatic nitrogens is 2. The van der Waals surface area contributed by atoms with Crippen LogP contribution in [0.2, 0.25) is 0 Å².